The average molecular weight is 270 g/mol. The molecule has 0 fully saturated rings. The van der Waals surface area contributed by atoms with Crippen LogP contribution in [0.1, 0.15) is 24.9 Å². The van der Waals surface area contributed by atoms with Crippen LogP contribution in [0.25, 0.3) is 0 Å². The molecule has 1 rings (SSSR count). The van der Waals surface area contributed by atoms with Gasteiger partial charge in [0.25, 0.3) is 0 Å². The lowest BCUT2D eigenvalue weighted by Gasteiger charge is -2.12. The minimum absolute atomic E-state index is 0.137. The Morgan fingerprint density at radius 3 is 2.78 bits per heavy atom. The predicted molar refractivity (Wildman–Crippen MR) is 70.9 cm³/mol. The molecule has 3 N–H and O–H groups in total. The van der Waals surface area contributed by atoms with Gasteiger partial charge in [-0.05, 0) is 30.2 Å². The maximum absolute atomic E-state index is 10.6. The average Bonchev–Trinajstić information content (AvgIpc) is 2.26. The van der Waals surface area contributed by atoms with Crippen molar-refractivity contribution in [2.24, 2.45) is 5.73 Å². The summed E-state index contributed by atoms with van der Waals surface area (Å²) in [7, 11) is 0. The molecule has 1 atom stereocenters. The smallest absolute Gasteiger partial charge is 0.305 e. The van der Waals surface area contributed by atoms with E-state index in [1.807, 2.05) is 6.92 Å². The van der Waals surface area contributed by atoms with Gasteiger partial charge in [-0.1, -0.05) is 24.2 Å². The molecule has 0 aliphatic heterocycles. The Kier molecular flexibility index (Phi) is 5.19. The van der Waals surface area contributed by atoms with Crippen molar-refractivity contribution in [3.05, 3.63) is 40.9 Å². The molecule has 0 spiro atoms. The van der Waals surface area contributed by atoms with Crippen LogP contribution in [0.3, 0.4) is 0 Å². The van der Waals surface area contributed by atoms with Gasteiger partial charge in [0, 0.05) is 6.04 Å². The van der Waals surface area contributed by atoms with Gasteiger partial charge >= 0.3 is 5.97 Å². The number of hydrogen-bond acceptors (Lipinski definition) is 3. The third-order valence-electron chi connectivity index (χ3n) is 2.25. The molecule has 18 heavy (non-hydrogen) atoms. The molecule has 0 amide bonds. The second kappa shape index (κ2) is 6.42. The fourth-order valence-corrected chi connectivity index (χ4v) is 1.62. The van der Waals surface area contributed by atoms with Crippen LogP contribution in [-0.4, -0.2) is 17.7 Å². The van der Waals surface area contributed by atoms with Gasteiger partial charge in [0.1, 0.15) is 12.4 Å². The summed E-state index contributed by atoms with van der Waals surface area (Å²) in [6.07, 6.45) is -0.137. The second-order valence-corrected chi connectivity index (χ2v) is 4.55. The molecule has 0 saturated carbocycles. The highest BCUT2D eigenvalue weighted by atomic mass is 35.5. The number of hydrogen-bond donors (Lipinski definition) is 2. The number of carboxylic acids is 1. The van der Waals surface area contributed by atoms with E-state index in [1.165, 1.54) is 0 Å². The van der Waals surface area contributed by atoms with Gasteiger partial charge in [-0.2, -0.15) is 0 Å². The first-order valence-corrected chi connectivity index (χ1v) is 5.82. The van der Waals surface area contributed by atoms with Crippen LogP contribution < -0.4 is 10.5 Å². The number of carboxylic acid groups (broad SMARTS) is 1. The summed E-state index contributed by atoms with van der Waals surface area (Å²) in [5, 5.41) is 9.08. The van der Waals surface area contributed by atoms with E-state index in [-0.39, 0.29) is 6.42 Å². The lowest BCUT2D eigenvalue weighted by atomic mass is 10.0. The summed E-state index contributed by atoms with van der Waals surface area (Å²) in [6.45, 7) is 5.97. The minimum Gasteiger partial charge on any atom is -0.488 e. The number of benzene rings is 1. The third kappa shape index (κ3) is 4.39. The molecule has 0 heterocycles. The van der Waals surface area contributed by atoms with Crippen LogP contribution in [0.4, 0.5) is 0 Å². The molecule has 1 aromatic carbocycles. The normalized spacial score (nSPS) is 11.9. The molecule has 0 radical (unpaired) electrons. The van der Waals surface area contributed by atoms with Gasteiger partial charge in [-0.15, -0.1) is 0 Å². The molecule has 0 aliphatic carbocycles. The molecule has 0 bridgehead atoms. The summed E-state index contributed by atoms with van der Waals surface area (Å²) in [5.74, 6) is -0.410. The van der Waals surface area contributed by atoms with E-state index >= 15 is 0 Å². The number of halogens is 1. The fraction of sp³-hybridized carbons (Fsp3) is 0.308. The standard InChI is InChI=1S/C13H16ClNO3/c1-8(2)7-18-12-4-3-9(5-10(12)14)11(15)6-13(16)17/h3-5,11H,1,6-7,15H2,2H3,(H,16,17). The number of carbonyl (C=O) groups is 1. The van der Waals surface area contributed by atoms with Crippen LogP contribution in [-0.2, 0) is 4.79 Å². The van der Waals surface area contributed by atoms with Gasteiger partial charge < -0.3 is 15.6 Å². The summed E-state index contributed by atoms with van der Waals surface area (Å²) in [6, 6.07) is 4.45. The number of ether oxygens (including phenoxy) is 1. The molecule has 1 aromatic rings. The Hall–Kier alpha value is -1.52. The quantitative estimate of drug-likeness (QED) is 0.779. The van der Waals surface area contributed by atoms with Crippen LogP contribution >= 0.6 is 11.6 Å². The summed E-state index contributed by atoms with van der Waals surface area (Å²) in [4.78, 5) is 10.6. The van der Waals surface area contributed by atoms with Crippen LogP contribution in [0, 0.1) is 0 Å². The van der Waals surface area contributed by atoms with E-state index < -0.39 is 12.0 Å². The third-order valence-corrected chi connectivity index (χ3v) is 2.55. The fourth-order valence-electron chi connectivity index (χ4n) is 1.37. The van der Waals surface area contributed by atoms with Gasteiger partial charge in [0.2, 0.25) is 0 Å². The molecule has 1 unspecified atom stereocenters. The van der Waals surface area contributed by atoms with Crippen molar-refractivity contribution in [1.29, 1.82) is 0 Å². The highest BCUT2D eigenvalue weighted by Gasteiger charge is 2.12. The molecule has 0 aromatic heterocycles. The summed E-state index contributed by atoms with van der Waals surface area (Å²) < 4.78 is 5.43. The lowest BCUT2D eigenvalue weighted by molar-refractivity contribution is -0.137. The molecular formula is C13H16ClNO3. The van der Waals surface area contributed by atoms with Gasteiger partial charge in [-0.25, -0.2) is 0 Å². The highest BCUT2D eigenvalue weighted by Crippen LogP contribution is 2.28. The van der Waals surface area contributed by atoms with Crippen molar-refractivity contribution >= 4 is 17.6 Å². The molecule has 98 valence electrons. The Morgan fingerprint density at radius 1 is 1.61 bits per heavy atom. The molecule has 5 heteroatoms. The van der Waals surface area contributed by atoms with E-state index in [0.29, 0.717) is 22.9 Å². The first-order valence-electron chi connectivity index (χ1n) is 5.44. The van der Waals surface area contributed by atoms with Crippen molar-refractivity contribution in [2.75, 3.05) is 6.61 Å². The van der Waals surface area contributed by atoms with Crippen molar-refractivity contribution in [1.82, 2.24) is 0 Å². The number of nitrogens with two attached hydrogens (primary N) is 1. The van der Waals surface area contributed by atoms with Crippen molar-refractivity contribution in [3.63, 3.8) is 0 Å². The predicted octanol–water partition coefficient (Wildman–Crippen LogP) is 2.77. The Labute approximate surface area is 111 Å². The summed E-state index contributed by atoms with van der Waals surface area (Å²) in [5.41, 5.74) is 7.30. The van der Waals surface area contributed by atoms with Gasteiger partial charge in [0.05, 0.1) is 11.4 Å². The zero-order chi connectivity index (χ0) is 13.7. The van der Waals surface area contributed by atoms with E-state index in [2.05, 4.69) is 6.58 Å². The SMILES string of the molecule is C=C(C)COc1ccc(C(N)CC(=O)O)cc1Cl. The Morgan fingerprint density at radius 2 is 2.28 bits per heavy atom. The first-order chi connectivity index (χ1) is 8.40. The number of rotatable bonds is 6. The van der Waals surface area contributed by atoms with E-state index in [0.717, 1.165) is 5.57 Å². The minimum atomic E-state index is -0.943. The topological polar surface area (TPSA) is 72.5 Å². The van der Waals surface area contributed by atoms with Crippen LogP contribution in [0.15, 0.2) is 30.4 Å². The monoisotopic (exact) mass is 269 g/mol. The maximum Gasteiger partial charge on any atom is 0.305 e. The molecule has 4 nitrogen and oxygen atoms in total. The number of aliphatic carboxylic acids is 1. The van der Waals surface area contributed by atoms with Crippen molar-refractivity contribution in [2.45, 2.75) is 19.4 Å². The molecular weight excluding hydrogens is 254 g/mol. The lowest BCUT2D eigenvalue weighted by Crippen LogP contribution is -2.15. The zero-order valence-corrected chi connectivity index (χ0v) is 10.9. The van der Waals surface area contributed by atoms with E-state index in [4.69, 9.17) is 27.2 Å². The van der Waals surface area contributed by atoms with Gasteiger partial charge in [0.15, 0.2) is 0 Å². The van der Waals surface area contributed by atoms with Crippen LogP contribution in [0.2, 0.25) is 5.02 Å². The highest BCUT2D eigenvalue weighted by molar-refractivity contribution is 6.32. The summed E-state index contributed by atoms with van der Waals surface area (Å²) >= 11 is 6.04. The maximum atomic E-state index is 10.6. The van der Waals surface area contributed by atoms with Crippen molar-refractivity contribution in [3.8, 4) is 5.75 Å². The van der Waals surface area contributed by atoms with E-state index in [9.17, 15) is 4.79 Å². The molecule has 0 saturated heterocycles. The Bertz CT molecular complexity index is 460. The zero-order valence-electron chi connectivity index (χ0n) is 10.1. The van der Waals surface area contributed by atoms with Gasteiger partial charge in [-0.3, -0.25) is 4.79 Å². The Balaban J connectivity index is 2.78. The van der Waals surface area contributed by atoms with Crippen molar-refractivity contribution < 1.29 is 14.6 Å². The van der Waals surface area contributed by atoms with Crippen LogP contribution in [0.5, 0.6) is 5.75 Å². The largest absolute Gasteiger partial charge is 0.488 e. The first kappa shape index (κ1) is 14.5. The van der Waals surface area contributed by atoms with E-state index in [1.54, 1.807) is 18.2 Å². The molecule has 0 aliphatic rings. The second-order valence-electron chi connectivity index (χ2n) is 4.14.